The zero-order valence-electron chi connectivity index (χ0n) is 15.4. The van der Waals surface area contributed by atoms with Crippen molar-refractivity contribution in [2.45, 2.75) is 63.1 Å². The zero-order chi connectivity index (χ0) is 17.7. The third-order valence-electron chi connectivity index (χ3n) is 4.44. The van der Waals surface area contributed by atoms with Crippen molar-refractivity contribution in [1.82, 2.24) is 16.0 Å². The van der Waals surface area contributed by atoms with E-state index in [-0.39, 0.29) is 11.9 Å². The monoisotopic (exact) mass is 356 g/mol. The predicted molar refractivity (Wildman–Crippen MR) is 98.5 cm³/mol. The number of amides is 1. The lowest BCUT2D eigenvalue weighted by atomic mass is 10.1. The lowest BCUT2D eigenvalue weighted by Gasteiger charge is -2.18. The van der Waals surface area contributed by atoms with Crippen molar-refractivity contribution in [2.24, 2.45) is 5.73 Å². The summed E-state index contributed by atoms with van der Waals surface area (Å²) in [6, 6.07) is 1.24. The highest BCUT2D eigenvalue weighted by Gasteiger charge is 2.28. The Morgan fingerprint density at radius 2 is 1.68 bits per heavy atom. The number of rotatable bonds is 17. The number of ether oxygens (including phenoxy) is 2. The third-order valence-corrected chi connectivity index (χ3v) is 4.44. The van der Waals surface area contributed by atoms with Crippen molar-refractivity contribution in [3.63, 3.8) is 0 Å². The van der Waals surface area contributed by atoms with E-state index in [4.69, 9.17) is 15.2 Å². The minimum Gasteiger partial charge on any atom is -0.378 e. The Hall–Kier alpha value is -0.730. The van der Waals surface area contributed by atoms with Gasteiger partial charge in [0.2, 0.25) is 5.91 Å². The quantitative estimate of drug-likeness (QED) is 0.277. The molecule has 0 aromatic heterocycles. The van der Waals surface area contributed by atoms with Gasteiger partial charge in [0.05, 0.1) is 32.5 Å². The van der Waals surface area contributed by atoms with E-state index < -0.39 is 0 Å². The van der Waals surface area contributed by atoms with Gasteiger partial charge in [-0.15, -0.1) is 0 Å². The largest absolute Gasteiger partial charge is 0.378 e. The molecule has 25 heavy (non-hydrogen) atoms. The Morgan fingerprint density at radius 1 is 0.960 bits per heavy atom. The van der Waals surface area contributed by atoms with Crippen molar-refractivity contribution in [3.05, 3.63) is 0 Å². The zero-order valence-corrected chi connectivity index (χ0v) is 15.4. The SMILES string of the molecule is NCCOCCOCCNC(=O)C(CCCCNC1CC1)NC1CC1. The summed E-state index contributed by atoms with van der Waals surface area (Å²) in [6.07, 6.45) is 8.16. The summed E-state index contributed by atoms with van der Waals surface area (Å²) in [4.78, 5) is 12.4. The minimum atomic E-state index is -0.0682. The second-order valence-corrected chi connectivity index (χ2v) is 7.02. The van der Waals surface area contributed by atoms with Crippen LogP contribution in [0.2, 0.25) is 0 Å². The summed E-state index contributed by atoms with van der Waals surface area (Å²) in [5.74, 6) is 0.102. The standard InChI is InChI=1S/C18H36N4O3/c19-8-11-24-13-14-25-12-10-21-18(23)17(22-16-6-7-16)3-1-2-9-20-15-4-5-15/h15-17,20,22H,1-14,19H2,(H,21,23). The van der Waals surface area contributed by atoms with Crippen LogP contribution < -0.4 is 21.7 Å². The maximum atomic E-state index is 12.4. The number of nitrogens with two attached hydrogens (primary N) is 1. The van der Waals surface area contributed by atoms with Crippen LogP contribution in [0.4, 0.5) is 0 Å². The maximum Gasteiger partial charge on any atom is 0.237 e. The van der Waals surface area contributed by atoms with Gasteiger partial charge in [-0.05, 0) is 45.1 Å². The maximum absolute atomic E-state index is 12.4. The smallest absolute Gasteiger partial charge is 0.237 e. The molecule has 1 amide bonds. The molecule has 1 unspecified atom stereocenters. The van der Waals surface area contributed by atoms with Crippen LogP contribution in [-0.4, -0.2) is 70.1 Å². The highest BCUT2D eigenvalue weighted by molar-refractivity contribution is 5.81. The molecule has 0 radical (unpaired) electrons. The highest BCUT2D eigenvalue weighted by atomic mass is 16.5. The fourth-order valence-corrected chi connectivity index (χ4v) is 2.67. The van der Waals surface area contributed by atoms with Gasteiger partial charge in [-0.1, -0.05) is 6.42 Å². The Labute approximate surface area is 151 Å². The molecule has 1 atom stereocenters. The van der Waals surface area contributed by atoms with E-state index in [1.54, 1.807) is 0 Å². The molecular formula is C18H36N4O3. The van der Waals surface area contributed by atoms with Crippen molar-refractivity contribution < 1.29 is 14.3 Å². The van der Waals surface area contributed by atoms with E-state index in [1.165, 1.54) is 25.7 Å². The molecule has 0 saturated heterocycles. The van der Waals surface area contributed by atoms with Crippen molar-refractivity contribution in [2.75, 3.05) is 46.1 Å². The Kier molecular flexibility index (Phi) is 10.4. The molecule has 2 rings (SSSR count). The van der Waals surface area contributed by atoms with Gasteiger partial charge in [0.25, 0.3) is 0 Å². The average Bonchev–Trinajstić information content (AvgIpc) is 3.51. The highest BCUT2D eigenvalue weighted by Crippen LogP contribution is 2.21. The first-order chi connectivity index (χ1) is 12.3. The molecule has 7 heteroatoms. The molecule has 2 saturated carbocycles. The van der Waals surface area contributed by atoms with Gasteiger partial charge in [0, 0.05) is 25.2 Å². The first-order valence-corrected chi connectivity index (χ1v) is 9.92. The van der Waals surface area contributed by atoms with Gasteiger partial charge >= 0.3 is 0 Å². The molecule has 0 aromatic carbocycles. The predicted octanol–water partition coefficient (Wildman–Crippen LogP) is 0.137. The fraction of sp³-hybridized carbons (Fsp3) is 0.944. The van der Waals surface area contributed by atoms with Crippen LogP contribution in [0.5, 0.6) is 0 Å². The molecule has 0 spiro atoms. The summed E-state index contributed by atoms with van der Waals surface area (Å²) >= 11 is 0. The van der Waals surface area contributed by atoms with Crippen LogP contribution in [0.15, 0.2) is 0 Å². The van der Waals surface area contributed by atoms with Crippen LogP contribution in [0.25, 0.3) is 0 Å². The first kappa shape index (κ1) is 20.6. The Balaban J connectivity index is 1.49. The van der Waals surface area contributed by atoms with E-state index in [0.717, 1.165) is 31.8 Å². The van der Waals surface area contributed by atoms with Gasteiger partial charge in [-0.3, -0.25) is 4.79 Å². The summed E-state index contributed by atoms with van der Waals surface area (Å²) in [7, 11) is 0. The molecule has 0 aliphatic heterocycles. The van der Waals surface area contributed by atoms with Crippen LogP contribution in [-0.2, 0) is 14.3 Å². The van der Waals surface area contributed by atoms with E-state index >= 15 is 0 Å². The third kappa shape index (κ3) is 10.8. The number of carbonyl (C=O) groups is 1. The van der Waals surface area contributed by atoms with Gasteiger partial charge in [0.15, 0.2) is 0 Å². The Bertz CT molecular complexity index is 362. The van der Waals surface area contributed by atoms with Crippen LogP contribution in [0.3, 0.4) is 0 Å². The molecule has 0 bridgehead atoms. The van der Waals surface area contributed by atoms with E-state index in [0.29, 0.717) is 45.6 Å². The molecule has 5 N–H and O–H groups in total. The van der Waals surface area contributed by atoms with E-state index in [1.807, 2.05) is 0 Å². The second-order valence-electron chi connectivity index (χ2n) is 7.02. The summed E-state index contributed by atoms with van der Waals surface area (Å²) in [5.41, 5.74) is 5.34. The van der Waals surface area contributed by atoms with Gasteiger partial charge in [0.1, 0.15) is 0 Å². The second kappa shape index (κ2) is 12.6. The molecule has 0 aromatic rings. The number of nitrogens with one attached hydrogen (secondary N) is 3. The number of hydrogen-bond donors (Lipinski definition) is 4. The van der Waals surface area contributed by atoms with Crippen LogP contribution in [0, 0.1) is 0 Å². The van der Waals surface area contributed by atoms with Gasteiger partial charge in [-0.2, -0.15) is 0 Å². The van der Waals surface area contributed by atoms with E-state index in [2.05, 4.69) is 16.0 Å². The lowest BCUT2D eigenvalue weighted by Crippen LogP contribution is -2.46. The van der Waals surface area contributed by atoms with Crippen molar-refractivity contribution in [1.29, 1.82) is 0 Å². The fourth-order valence-electron chi connectivity index (χ4n) is 2.67. The first-order valence-electron chi connectivity index (χ1n) is 9.92. The Morgan fingerprint density at radius 3 is 2.36 bits per heavy atom. The molecule has 2 fully saturated rings. The van der Waals surface area contributed by atoms with Crippen LogP contribution in [0.1, 0.15) is 44.9 Å². The van der Waals surface area contributed by atoms with Gasteiger partial charge < -0.3 is 31.2 Å². The molecule has 146 valence electrons. The average molecular weight is 357 g/mol. The topological polar surface area (TPSA) is 97.6 Å². The number of hydrogen-bond acceptors (Lipinski definition) is 6. The van der Waals surface area contributed by atoms with Crippen molar-refractivity contribution in [3.8, 4) is 0 Å². The number of carbonyl (C=O) groups excluding carboxylic acids is 1. The normalized spacial score (nSPS) is 18.3. The summed E-state index contributed by atoms with van der Waals surface area (Å²) in [5, 5.41) is 9.98. The van der Waals surface area contributed by atoms with Gasteiger partial charge in [-0.25, -0.2) is 0 Å². The lowest BCUT2D eigenvalue weighted by molar-refractivity contribution is -0.123. The molecule has 2 aliphatic rings. The summed E-state index contributed by atoms with van der Waals surface area (Å²) in [6.45, 7) is 4.30. The minimum absolute atomic E-state index is 0.0682. The molecule has 0 heterocycles. The molecular weight excluding hydrogens is 320 g/mol. The summed E-state index contributed by atoms with van der Waals surface area (Å²) < 4.78 is 10.7. The van der Waals surface area contributed by atoms with Crippen LogP contribution >= 0.6 is 0 Å². The van der Waals surface area contributed by atoms with E-state index in [9.17, 15) is 4.79 Å². The number of unbranched alkanes of at least 4 members (excludes halogenated alkanes) is 1. The molecule has 2 aliphatic carbocycles. The van der Waals surface area contributed by atoms with Crippen molar-refractivity contribution >= 4 is 5.91 Å². The molecule has 7 nitrogen and oxygen atoms in total.